The molecule has 2 aromatic heterocycles. The molecule has 0 unspecified atom stereocenters. The van der Waals surface area contributed by atoms with Crippen molar-refractivity contribution in [2.45, 2.75) is 84.2 Å². The van der Waals surface area contributed by atoms with Crippen LogP contribution < -0.4 is 10.6 Å². The van der Waals surface area contributed by atoms with Crippen molar-refractivity contribution >= 4 is 29.0 Å². The molecule has 8 nitrogen and oxygen atoms in total. The van der Waals surface area contributed by atoms with Gasteiger partial charge in [-0.05, 0) is 66.9 Å². The third-order valence-corrected chi connectivity index (χ3v) is 6.81. The molecule has 0 radical (unpaired) electrons. The Morgan fingerprint density at radius 2 is 1.86 bits per heavy atom. The Bertz CT molecular complexity index is 1150. The largest absolute Gasteiger partial charge is 0.417 e. The zero-order valence-electron chi connectivity index (χ0n) is 21.9. The van der Waals surface area contributed by atoms with E-state index in [1.807, 2.05) is 6.92 Å². The Kier molecular flexibility index (Phi) is 8.23. The van der Waals surface area contributed by atoms with Crippen LogP contribution >= 0.6 is 11.3 Å². The standard InChI is InChI=1S/C25H34F3N5O3S/c1-14-9-7-8-10-33(14)22(35)18-19(37-21(31-18)20(34)30-13-24(5,6)36)15-12-29-17(32-23(2,3)4)11-16(15)25(26,27)28/h11-12,14,36H,7-10,13H2,1-6H3,(H,29,32)(H,30,34)/t14-/m0/s1. The summed E-state index contributed by atoms with van der Waals surface area (Å²) in [5.74, 6) is -1.18. The second kappa shape index (κ2) is 10.6. The number of likely N-dealkylation sites (tertiary alicyclic amines) is 1. The molecule has 3 rings (SSSR count). The molecule has 2 aromatic rings. The van der Waals surface area contributed by atoms with E-state index in [0.29, 0.717) is 17.9 Å². The van der Waals surface area contributed by atoms with E-state index in [2.05, 4.69) is 20.6 Å². The summed E-state index contributed by atoms with van der Waals surface area (Å²) in [6.07, 6.45) is -1.19. The lowest BCUT2D eigenvalue weighted by atomic mass is 10.0. The highest BCUT2D eigenvalue weighted by Crippen LogP contribution is 2.42. The van der Waals surface area contributed by atoms with E-state index in [-0.39, 0.29) is 39.5 Å². The van der Waals surface area contributed by atoms with Gasteiger partial charge in [-0.1, -0.05) is 0 Å². The average molecular weight is 542 g/mol. The van der Waals surface area contributed by atoms with E-state index in [9.17, 15) is 27.9 Å². The molecule has 1 aliphatic heterocycles. The Morgan fingerprint density at radius 3 is 2.43 bits per heavy atom. The van der Waals surface area contributed by atoms with Crippen LogP contribution in [0.2, 0.25) is 0 Å². The number of aromatic nitrogens is 2. The maximum absolute atomic E-state index is 14.2. The first-order chi connectivity index (χ1) is 17.0. The zero-order valence-corrected chi connectivity index (χ0v) is 22.7. The van der Waals surface area contributed by atoms with Crippen molar-refractivity contribution in [2.75, 3.05) is 18.4 Å². The molecule has 3 N–H and O–H groups in total. The van der Waals surface area contributed by atoms with Gasteiger partial charge in [-0.2, -0.15) is 13.2 Å². The van der Waals surface area contributed by atoms with Gasteiger partial charge in [0.2, 0.25) is 0 Å². The second-order valence-corrected chi connectivity index (χ2v) is 12.0. The first kappa shape index (κ1) is 28.8. The highest BCUT2D eigenvalue weighted by molar-refractivity contribution is 7.17. The lowest BCUT2D eigenvalue weighted by Crippen LogP contribution is -2.42. The molecule has 3 heterocycles. The molecule has 1 fully saturated rings. The summed E-state index contributed by atoms with van der Waals surface area (Å²) in [6, 6.07) is 0.799. The first-order valence-electron chi connectivity index (χ1n) is 12.1. The summed E-state index contributed by atoms with van der Waals surface area (Å²) in [7, 11) is 0. The number of piperidine rings is 1. The first-order valence-corrected chi connectivity index (χ1v) is 13.0. The SMILES string of the molecule is C[C@H]1CCCCN1C(=O)c1nc(C(=O)NCC(C)(C)O)sc1-c1cnc(NC(C)(C)C)cc1C(F)(F)F. The van der Waals surface area contributed by atoms with E-state index >= 15 is 0 Å². The number of hydrogen-bond donors (Lipinski definition) is 3. The van der Waals surface area contributed by atoms with Gasteiger partial charge in [-0.25, -0.2) is 9.97 Å². The van der Waals surface area contributed by atoms with E-state index in [4.69, 9.17) is 0 Å². The summed E-state index contributed by atoms with van der Waals surface area (Å²) in [5, 5.41) is 15.2. The van der Waals surface area contributed by atoms with Crippen molar-refractivity contribution in [3.8, 4) is 10.4 Å². The smallest absolute Gasteiger partial charge is 0.389 e. The predicted molar refractivity (Wildman–Crippen MR) is 137 cm³/mol. The number of halogens is 3. The van der Waals surface area contributed by atoms with Crippen molar-refractivity contribution < 1.29 is 27.9 Å². The van der Waals surface area contributed by atoms with Crippen LogP contribution in [0, 0.1) is 0 Å². The Labute approximate surface area is 218 Å². The fraction of sp³-hybridized carbons (Fsp3) is 0.600. The van der Waals surface area contributed by atoms with Gasteiger partial charge in [0.05, 0.1) is 16.0 Å². The fourth-order valence-electron chi connectivity index (χ4n) is 3.98. The summed E-state index contributed by atoms with van der Waals surface area (Å²) in [5.41, 5.74) is -3.25. The fourth-order valence-corrected chi connectivity index (χ4v) is 4.97. The van der Waals surface area contributed by atoms with Crippen molar-refractivity contribution in [1.82, 2.24) is 20.2 Å². The molecule has 37 heavy (non-hydrogen) atoms. The molecule has 1 atom stereocenters. The lowest BCUT2D eigenvalue weighted by molar-refractivity contribution is -0.137. The van der Waals surface area contributed by atoms with E-state index in [1.165, 1.54) is 13.8 Å². The third kappa shape index (κ3) is 7.41. The maximum Gasteiger partial charge on any atom is 0.417 e. The van der Waals surface area contributed by atoms with Gasteiger partial charge in [0.1, 0.15) is 11.5 Å². The number of amides is 2. The number of carbonyl (C=O) groups excluding carboxylic acids is 2. The number of hydrogen-bond acceptors (Lipinski definition) is 7. The number of rotatable bonds is 6. The highest BCUT2D eigenvalue weighted by Gasteiger charge is 2.38. The summed E-state index contributed by atoms with van der Waals surface area (Å²) < 4.78 is 42.7. The van der Waals surface area contributed by atoms with Gasteiger partial charge in [-0.15, -0.1) is 11.3 Å². The van der Waals surface area contributed by atoms with Gasteiger partial charge >= 0.3 is 6.18 Å². The summed E-state index contributed by atoms with van der Waals surface area (Å²) in [6.45, 7) is 10.6. The number of nitrogens with one attached hydrogen (secondary N) is 2. The third-order valence-electron chi connectivity index (χ3n) is 5.73. The Hall–Kier alpha value is -2.73. The Morgan fingerprint density at radius 1 is 1.19 bits per heavy atom. The quantitative estimate of drug-likeness (QED) is 0.478. The van der Waals surface area contributed by atoms with Crippen LogP contribution in [-0.4, -0.2) is 62.1 Å². The average Bonchev–Trinajstić information content (AvgIpc) is 3.20. The van der Waals surface area contributed by atoms with Gasteiger partial charge < -0.3 is 20.6 Å². The van der Waals surface area contributed by atoms with Crippen LogP contribution in [0.3, 0.4) is 0 Å². The minimum Gasteiger partial charge on any atom is -0.389 e. The number of aliphatic hydroxyl groups is 1. The minimum atomic E-state index is -4.75. The molecule has 1 saturated heterocycles. The summed E-state index contributed by atoms with van der Waals surface area (Å²) in [4.78, 5) is 36.3. The highest BCUT2D eigenvalue weighted by atomic mass is 32.1. The van der Waals surface area contributed by atoms with Gasteiger partial charge in [0, 0.05) is 36.4 Å². The topological polar surface area (TPSA) is 107 Å². The van der Waals surface area contributed by atoms with Crippen LogP contribution in [0.15, 0.2) is 12.3 Å². The van der Waals surface area contributed by atoms with Crippen molar-refractivity contribution in [2.24, 2.45) is 0 Å². The number of alkyl halides is 3. The number of nitrogens with zero attached hydrogens (tertiary/aromatic N) is 3. The Balaban J connectivity index is 2.14. The number of thiazole rings is 1. The van der Waals surface area contributed by atoms with Gasteiger partial charge in [0.25, 0.3) is 11.8 Å². The van der Waals surface area contributed by atoms with E-state index in [1.54, 1.807) is 25.7 Å². The summed E-state index contributed by atoms with van der Waals surface area (Å²) >= 11 is 0.701. The van der Waals surface area contributed by atoms with Crippen LogP contribution in [0.1, 0.15) is 86.7 Å². The van der Waals surface area contributed by atoms with Crippen LogP contribution in [-0.2, 0) is 6.18 Å². The maximum atomic E-state index is 14.2. The molecule has 0 aromatic carbocycles. The number of carbonyl (C=O) groups is 2. The van der Waals surface area contributed by atoms with Crippen LogP contribution in [0.5, 0.6) is 0 Å². The zero-order chi connectivity index (χ0) is 27.8. The monoisotopic (exact) mass is 541 g/mol. The van der Waals surface area contributed by atoms with Crippen LogP contribution in [0.25, 0.3) is 10.4 Å². The van der Waals surface area contributed by atoms with E-state index in [0.717, 1.165) is 31.5 Å². The number of pyridine rings is 1. The molecule has 204 valence electrons. The molecule has 0 spiro atoms. The van der Waals surface area contributed by atoms with Crippen molar-refractivity contribution in [3.05, 3.63) is 28.5 Å². The van der Waals surface area contributed by atoms with Crippen molar-refractivity contribution in [1.29, 1.82) is 0 Å². The molecule has 0 saturated carbocycles. The van der Waals surface area contributed by atoms with Crippen LogP contribution in [0.4, 0.5) is 19.0 Å². The minimum absolute atomic E-state index is 0.0359. The molecule has 2 amide bonds. The normalized spacial score (nSPS) is 17.0. The number of anilines is 1. The molecule has 12 heteroatoms. The van der Waals surface area contributed by atoms with Gasteiger partial charge in [0.15, 0.2) is 5.01 Å². The molecule has 0 bridgehead atoms. The molecular formula is C25H34F3N5O3S. The second-order valence-electron chi connectivity index (χ2n) is 11.0. The molecule has 0 aliphatic carbocycles. The lowest BCUT2D eigenvalue weighted by Gasteiger charge is -2.33. The van der Waals surface area contributed by atoms with Crippen molar-refractivity contribution in [3.63, 3.8) is 0 Å². The van der Waals surface area contributed by atoms with E-state index < -0.39 is 34.7 Å². The molecular weight excluding hydrogens is 507 g/mol. The predicted octanol–water partition coefficient (Wildman–Crippen LogP) is 4.95. The molecule has 1 aliphatic rings. The van der Waals surface area contributed by atoms with Gasteiger partial charge in [-0.3, -0.25) is 9.59 Å².